The van der Waals surface area contributed by atoms with Gasteiger partial charge >= 0.3 is 0 Å². The number of ketones is 1. The van der Waals surface area contributed by atoms with Gasteiger partial charge in [0.05, 0.1) is 19.8 Å². The third-order valence-corrected chi connectivity index (χ3v) is 6.10. The number of β-amino-alcohol motifs (C(OH)–C–C–N with tert-alkyl or cyclic N) is 1. The van der Waals surface area contributed by atoms with E-state index in [9.17, 15) is 15.0 Å². The van der Waals surface area contributed by atoms with Gasteiger partial charge in [-0.15, -0.1) is 0 Å². The zero-order chi connectivity index (χ0) is 21.8. The van der Waals surface area contributed by atoms with Crippen molar-refractivity contribution in [2.45, 2.75) is 12.1 Å². The molecule has 2 aromatic carbocycles. The number of hydrogen-bond acceptors (Lipinski definition) is 6. The minimum Gasteiger partial charge on any atom is -0.496 e. The summed E-state index contributed by atoms with van der Waals surface area (Å²) in [5.41, 5.74) is 2.15. The summed E-state index contributed by atoms with van der Waals surface area (Å²) in [5.74, 6) is 0.335. The Morgan fingerprint density at radius 3 is 2.55 bits per heavy atom. The lowest BCUT2D eigenvalue weighted by molar-refractivity contribution is 0.0161. The highest BCUT2D eigenvalue weighted by Crippen LogP contribution is 2.34. The van der Waals surface area contributed by atoms with Crippen LogP contribution in [-0.4, -0.2) is 83.3 Å². The number of H-pyrrole nitrogens is 1. The average Bonchev–Trinajstić information content (AvgIpc) is 3.24. The molecule has 3 N–H and O–H groups in total. The number of carbonyl (C=O) groups excluding carboxylic acids is 1. The van der Waals surface area contributed by atoms with Crippen LogP contribution in [0, 0.1) is 0 Å². The molecule has 0 radical (unpaired) electrons. The number of fused-ring (bicyclic) bond motifs is 1. The largest absolute Gasteiger partial charge is 0.496 e. The first-order chi connectivity index (χ1) is 15.1. The lowest BCUT2D eigenvalue weighted by atomic mass is 9.92. The Morgan fingerprint density at radius 1 is 1.10 bits per heavy atom. The zero-order valence-electron chi connectivity index (χ0n) is 17.7. The summed E-state index contributed by atoms with van der Waals surface area (Å²) in [4.78, 5) is 20.9. The molecule has 3 aromatic rings. The standard InChI is InChI=1S/C24H29N3O4/c1-31-21-9-5-3-7-18(21)22(27-12-10-26(11-13-27)14-15-28)24(30)23(29)19-16-25-20-8-4-2-6-17(19)20/h2-9,16,22,24-25,28,30H,10-15H2,1H3/t22-,24-/m1/s1. The van der Waals surface area contributed by atoms with Crippen molar-refractivity contribution in [2.75, 3.05) is 46.4 Å². The van der Waals surface area contributed by atoms with Crippen LogP contribution in [0.15, 0.2) is 54.7 Å². The molecule has 0 amide bonds. The maximum atomic E-state index is 13.5. The van der Waals surface area contributed by atoms with E-state index in [0.29, 0.717) is 30.9 Å². The molecule has 2 heterocycles. The van der Waals surface area contributed by atoms with E-state index in [1.54, 1.807) is 13.3 Å². The van der Waals surface area contributed by atoms with Crippen molar-refractivity contribution in [3.8, 4) is 5.75 Å². The number of methoxy groups -OCH3 is 1. The third kappa shape index (κ3) is 4.36. The van der Waals surface area contributed by atoms with Crippen molar-refractivity contribution >= 4 is 16.7 Å². The smallest absolute Gasteiger partial charge is 0.195 e. The molecule has 0 saturated carbocycles. The summed E-state index contributed by atoms with van der Waals surface area (Å²) in [6.07, 6.45) is 0.425. The van der Waals surface area contributed by atoms with Gasteiger partial charge in [-0.05, 0) is 12.1 Å². The monoisotopic (exact) mass is 423 g/mol. The number of para-hydroxylation sites is 2. The molecule has 1 saturated heterocycles. The van der Waals surface area contributed by atoms with Crippen LogP contribution in [0.1, 0.15) is 22.0 Å². The fraction of sp³-hybridized carbons (Fsp3) is 0.375. The van der Waals surface area contributed by atoms with Crippen molar-refractivity contribution in [3.05, 3.63) is 65.9 Å². The van der Waals surface area contributed by atoms with Crippen LogP contribution in [0.3, 0.4) is 0 Å². The predicted molar refractivity (Wildman–Crippen MR) is 119 cm³/mol. The predicted octanol–water partition coefficient (Wildman–Crippen LogP) is 2.07. The fourth-order valence-electron chi connectivity index (χ4n) is 4.46. The topological polar surface area (TPSA) is 89.0 Å². The number of Topliss-reactive ketones (excluding diaryl/α,β-unsaturated/α-hetero) is 1. The molecule has 1 aliphatic rings. The van der Waals surface area contributed by atoms with Gasteiger partial charge in [-0.25, -0.2) is 0 Å². The van der Waals surface area contributed by atoms with Gasteiger partial charge in [-0.2, -0.15) is 0 Å². The van der Waals surface area contributed by atoms with E-state index in [1.165, 1.54) is 0 Å². The Labute approximate surface area is 181 Å². The van der Waals surface area contributed by atoms with Crippen molar-refractivity contribution in [2.24, 2.45) is 0 Å². The van der Waals surface area contributed by atoms with E-state index in [-0.39, 0.29) is 12.4 Å². The number of piperazine rings is 1. The minimum absolute atomic E-state index is 0.123. The highest BCUT2D eigenvalue weighted by molar-refractivity contribution is 6.10. The van der Waals surface area contributed by atoms with E-state index in [1.807, 2.05) is 48.5 Å². The van der Waals surface area contributed by atoms with E-state index in [4.69, 9.17) is 4.74 Å². The molecule has 7 heteroatoms. The molecule has 0 aliphatic carbocycles. The van der Waals surface area contributed by atoms with Gasteiger partial charge in [0.1, 0.15) is 11.9 Å². The van der Waals surface area contributed by atoms with Crippen LogP contribution < -0.4 is 4.74 Å². The van der Waals surface area contributed by atoms with Gasteiger partial charge in [0, 0.05) is 61.0 Å². The first kappa shape index (κ1) is 21.5. The Hall–Kier alpha value is -2.71. The highest BCUT2D eigenvalue weighted by atomic mass is 16.5. The number of nitrogens with one attached hydrogen (secondary N) is 1. The molecule has 2 atom stereocenters. The molecule has 4 rings (SSSR count). The maximum absolute atomic E-state index is 13.5. The van der Waals surface area contributed by atoms with E-state index in [2.05, 4.69) is 14.8 Å². The first-order valence-electron chi connectivity index (χ1n) is 10.6. The van der Waals surface area contributed by atoms with Crippen LogP contribution >= 0.6 is 0 Å². The quantitative estimate of drug-likeness (QED) is 0.481. The molecule has 164 valence electrons. The Bertz CT molecular complexity index is 1030. The maximum Gasteiger partial charge on any atom is 0.195 e. The average molecular weight is 424 g/mol. The molecule has 1 aromatic heterocycles. The van der Waals surface area contributed by atoms with Gasteiger partial charge in [0.25, 0.3) is 0 Å². The summed E-state index contributed by atoms with van der Waals surface area (Å²) in [6.45, 7) is 3.64. The molecule has 0 spiro atoms. The molecule has 0 unspecified atom stereocenters. The lowest BCUT2D eigenvalue weighted by Crippen LogP contribution is -2.51. The minimum atomic E-state index is -1.25. The van der Waals surface area contributed by atoms with Crippen LogP contribution in [0.5, 0.6) is 5.75 Å². The second kappa shape index (κ2) is 9.62. The molecule has 31 heavy (non-hydrogen) atoms. The molecule has 1 aliphatic heterocycles. The van der Waals surface area contributed by atoms with Gasteiger partial charge in [0.15, 0.2) is 5.78 Å². The van der Waals surface area contributed by atoms with Crippen molar-refractivity contribution in [3.63, 3.8) is 0 Å². The number of nitrogens with zero attached hydrogens (tertiary/aromatic N) is 2. The van der Waals surface area contributed by atoms with Crippen molar-refractivity contribution < 1.29 is 19.7 Å². The number of aromatic nitrogens is 1. The first-order valence-corrected chi connectivity index (χ1v) is 10.6. The summed E-state index contributed by atoms with van der Waals surface area (Å²) >= 11 is 0. The van der Waals surface area contributed by atoms with Gasteiger partial charge in [-0.1, -0.05) is 36.4 Å². The Kier molecular flexibility index (Phi) is 6.67. The number of aromatic amines is 1. The summed E-state index contributed by atoms with van der Waals surface area (Å²) in [7, 11) is 1.60. The summed E-state index contributed by atoms with van der Waals surface area (Å²) < 4.78 is 5.57. The van der Waals surface area contributed by atoms with Crippen molar-refractivity contribution in [1.29, 1.82) is 0 Å². The third-order valence-electron chi connectivity index (χ3n) is 6.10. The van der Waals surface area contributed by atoms with Gasteiger partial charge in [0.2, 0.25) is 0 Å². The molecule has 1 fully saturated rings. The number of aliphatic hydroxyl groups excluding tert-OH is 2. The number of ether oxygens (including phenoxy) is 1. The Balaban J connectivity index is 1.67. The molecule has 0 bridgehead atoms. The van der Waals surface area contributed by atoms with Gasteiger partial charge in [-0.3, -0.25) is 14.6 Å². The van der Waals surface area contributed by atoms with Crippen LogP contribution in [0.4, 0.5) is 0 Å². The summed E-state index contributed by atoms with van der Waals surface area (Å²) in [6, 6.07) is 14.6. The zero-order valence-corrected chi connectivity index (χ0v) is 17.7. The SMILES string of the molecule is COc1ccccc1[C@H]([C@@H](O)C(=O)c1c[nH]c2ccccc12)N1CCN(CCO)CC1. The van der Waals surface area contributed by atoms with Crippen molar-refractivity contribution in [1.82, 2.24) is 14.8 Å². The number of carbonyl (C=O) groups is 1. The molecule has 7 nitrogen and oxygen atoms in total. The molecular formula is C24H29N3O4. The van der Waals surface area contributed by atoms with Gasteiger partial charge < -0.3 is 19.9 Å². The number of hydrogen-bond donors (Lipinski definition) is 3. The summed E-state index contributed by atoms with van der Waals surface area (Å²) in [5, 5.41) is 21.4. The second-order valence-corrected chi connectivity index (χ2v) is 7.85. The fourth-order valence-corrected chi connectivity index (χ4v) is 4.46. The number of rotatable bonds is 8. The second-order valence-electron chi connectivity index (χ2n) is 7.85. The van der Waals surface area contributed by atoms with Crippen LogP contribution in [0.2, 0.25) is 0 Å². The normalized spacial score (nSPS) is 17.5. The Morgan fingerprint density at radius 2 is 1.81 bits per heavy atom. The van der Waals surface area contributed by atoms with E-state index < -0.39 is 12.1 Å². The number of aliphatic hydroxyl groups is 2. The number of benzene rings is 2. The van der Waals surface area contributed by atoms with E-state index >= 15 is 0 Å². The van der Waals surface area contributed by atoms with Crippen LogP contribution in [-0.2, 0) is 0 Å². The highest BCUT2D eigenvalue weighted by Gasteiger charge is 2.37. The lowest BCUT2D eigenvalue weighted by Gasteiger charge is -2.41. The molecular weight excluding hydrogens is 394 g/mol. The van der Waals surface area contributed by atoms with E-state index in [0.717, 1.165) is 29.6 Å². The van der Waals surface area contributed by atoms with Crippen LogP contribution in [0.25, 0.3) is 10.9 Å².